The van der Waals surface area contributed by atoms with Crippen molar-refractivity contribution in [3.63, 3.8) is 0 Å². The molecular weight excluding hydrogens is 430 g/mol. The Bertz CT molecular complexity index is 1220. The number of pyridine rings is 1. The summed E-state index contributed by atoms with van der Waals surface area (Å²) in [6, 6.07) is 11.7. The lowest BCUT2D eigenvalue weighted by atomic mass is 9.97. The third-order valence-electron chi connectivity index (χ3n) is 4.75. The van der Waals surface area contributed by atoms with Crippen molar-refractivity contribution in [3.05, 3.63) is 94.3 Å². The van der Waals surface area contributed by atoms with Crippen LogP contribution < -0.4 is 5.32 Å². The van der Waals surface area contributed by atoms with Gasteiger partial charge in [-0.2, -0.15) is 13.2 Å². The zero-order valence-electron chi connectivity index (χ0n) is 15.9. The molecule has 2 aromatic heterocycles. The SMILES string of the molecule is O=C(N[C@@H](c1ccc(CF)cc1)c1ncccc1C(F)(F)F)c1ccc2ncsc2c1. The van der Waals surface area contributed by atoms with Crippen molar-refractivity contribution >= 4 is 27.5 Å². The van der Waals surface area contributed by atoms with Crippen LogP contribution in [0.3, 0.4) is 0 Å². The highest BCUT2D eigenvalue weighted by Gasteiger charge is 2.37. The Kier molecular flexibility index (Phi) is 5.69. The fourth-order valence-corrected chi connectivity index (χ4v) is 3.92. The van der Waals surface area contributed by atoms with E-state index < -0.39 is 30.4 Å². The van der Waals surface area contributed by atoms with Gasteiger partial charge in [0.2, 0.25) is 0 Å². The van der Waals surface area contributed by atoms with Gasteiger partial charge in [0.25, 0.3) is 5.91 Å². The van der Waals surface area contributed by atoms with Crippen molar-refractivity contribution < 1.29 is 22.4 Å². The van der Waals surface area contributed by atoms with Crippen LogP contribution in [-0.4, -0.2) is 15.9 Å². The molecule has 0 unspecified atom stereocenters. The second-order valence-corrected chi connectivity index (χ2v) is 7.64. The molecule has 4 rings (SSSR count). The highest BCUT2D eigenvalue weighted by molar-refractivity contribution is 7.16. The second-order valence-electron chi connectivity index (χ2n) is 6.75. The van der Waals surface area contributed by atoms with E-state index in [4.69, 9.17) is 0 Å². The number of nitrogens with zero attached hydrogens (tertiary/aromatic N) is 2. The molecule has 4 nitrogen and oxygen atoms in total. The Morgan fingerprint density at radius 2 is 1.84 bits per heavy atom. The Morgan fingerprint density at radius 3 is 2.55 bits per heavy atom. The van der Waals surface area contributed by atoms with E-state index in [1.165, 1.54) is 47.9 Å². The molecule has 4 aromatic rings. The van der Waals surface area contributed by atoms with Crippen molar-refractivity contribution in [3.8, 4) is 0 Å². The molecular formula is C22H15F4N3OS. The van der Waals surface area contributed by atoms with E-state index >= 15 is 0 Å². The van der Waals surface area contributed by atoms with Gasteiger partial charge in [0.05, 0.1) is 33.0 Å². The van der Waals surface area contributed by atoms with Gasteiger partial charge in [-0.15, -0.1) is 11.3 Å². The van der Waals surface area contributed by atoms with Gasteiger partial charge in [-0.1, -0.05) is 24.3 Å². The van der Waals surface area contributed by atoms with Crippen LogP contribution in [0.5, 0.6) is 0 Å². The first-order valence-corrected chi connectivity index (χ1v) is 10.1. The zero-order chi connectivity index (χ0) is 22.0. The van der Waals surface area contributed by atoms with Crippen molar-refractivity contribution in [1.82, 2.24) is 15.3 Å². The van der Waals surface area contributed by atoms with Gasteiger partial charge in [0.15, 0.2) is 0 Å². The molecule has 1 amide bonds. The Balaban J connectivity index is 1.76. The number of carbonyl (C=O) groups is 1. The maximum atomic E-state index is 13.6. The number of hydrogen-bond donors (Lipinski definition) is 1. The van der Waals surface area contributed by atoms with E-state index in [0.29, 0.717) is 11.1 Å². The summed E-state index contributed by atoms with van der Waals surface area (Å²) < 4.78 is 54.6. The summed E-state index contributed by atoms with van der Waals surface area (Å²) in [7, 11) is 0. The number of thiazole rings is 1. The number of aromatic nitrogens is 2. The number of amides is 1. The molecule has 0 saturated carbocycles. The van der Waals surface area contributed by atoms with Crippen LogP contribution in [0, 0.1) is 0 Å². The van der Waals surface area contributed by atoms with Gasteiger partial charge < -0.3 is 5.32 Å². The molecule has 158 valence electrons. The largest absolute Gasteiger partial charge is 0.418 e. The maximum Gasteiger partial charge on any atom is 0.418 e. The lowest BCUT2D eigenvalue weighted by Crippen LogP contribution is -2.31. The fraction of sp³-hybridized carbons (Fsp3) is 0.136. The molecule has 0 aliphatic heterocycles. The molecule has 0 aliphatic rings. The molecule has 2 aromatic carbocycles. The zero-order valence-corrected chi connectivity index (χ0v) is 16.7. The van der Waals surface area contributed by atoms with Crippen LogP contribution in [0.2, 0.25) is 0 Å². The molecule has 0 aliphatic carbocycles. The average Bonchev–Trinajstić information content (AvgIpc) is 3.25. The molecule has 1 atom stereocenters. The van der Waals surface area contributed by atoms with Crippen LogP contribution in [0.25, 0.3) is 10.2 Å². The number of nitrogens with one attached hydrogen (secondary N) is 1. The summed E-state index contributed by atoms with van der Waals surface area (Å²) in [5.74, 6) is -0.561. The maximum absolute atomic E-state index is 13.6. The topological polar surface area (TPSA) is 54.9 Å². The molecule has 0 saturated heterocycles. The predicted octanol–water partition coefficient (Wildman–Crippen LogP) is 5.70. The van der Waals surface area contributed by atoms with Crippen molar-refractivity contribution in [2.24, 2.45) is 0 Å². The Hall–Kier alpha value is -3.33. The minimum atomic E-state index is -4.66. The van der Waals surface area contributed by atoms with E-state index in [0.717, 1.165) is 16.3 Å². The number of hydrogen-bond acceptors (Lipinski definition) is 4. The van der Waals surface area contributed by atoms with Crippen molar-refractivity contribution in [2.75, 3.05) is 0 Å². The molecule has 31 heavy (non-hydrogen) atoms. The number of rotatable bonds is 5. The summed E-state index contributed by atoms with van der Waals surface area (Å²) in [6.45, 7) is -0.705. The summed E-state index contributed by atoms with van der Waals surface area (Å²) in [5.41, 5.74) is 2.10. The van der Waals surface area contributed by atoms with Crippen LogP contribution in [0.4, 0.5) is 17.6 Å². The average molecular weight is 445 g/mol. The van der Waals surface area contributed by atoms with E-state index in [1.807, 2.05) is 0 Å². The first-order chi connectivity index (χ1) is 14.9. The molecule has 0 bridgehead atoms. The monoisotopic (exact) mass is 445 g/mol. The van der Waals surface area contributed by atoms with Crippen LogP contribution in [-0.2, 0) is 12.9 Å². The second kappa shape index (κ2) is 8.43. The first kappa shape index (κ1) is 20.9. The van der Waals surface area contributed by atoms with E-state index in [2.05, 4.69) is 15.3 Å². The lowest BCUT2D eigenvalue weighted by Gasteiger charge is -2.22. The Morgan fingerprint density at radius 1 is 1.06 bits per heavy atom. The molecule has 0 fully saturated rings. The van der Waals surface area contributed by atoms with Gasteiger partial charge in [-0.05, 0) is 41.5 Å². The highest BCUT2D eigenvalue weighted by atomic mass is 32.1. The molecule has 0 radical (unpaired) electrons. The number of halogens is 4. The predicted molar refractivity (Wildman–Crippen MR) is 109 cm³/mol. The van der Waals surface area contributed by atoms with Crippen LogP contribution >= 0.6 is 11.3 Å². The summed E-state index contributed by atoms with van der Waals surface area (Å²) >= 11 is 1.35. The quantitative estimate of drug-likeness (QED) is 0.401. The Labute approximate surface area is 178 Å². The van der Waals surface area contributed by atoms with Crippen LogP contribution in [0.15, 0.2) is 66.3 Å². The fourth-order valence-electron chi connectivity index (χ4n) is 3.21. The van der Waals surface area contributed by atoms with Gasteiger partial charge in [0, 0.05) is 11.8 Å². The van der Waals surface area contributed by atoms with Gasteiger partial charge in [-0.25, -0.2) is 9.37 Å². The number of fused-ring (bicyclic) bond motifs is 1. The first-order valence-electron chi connectivity index (χ1n) is 9.18. The van der Waals surface area contributed by atoms with E-state index in [1.54, 1.807) is 23.7 Å². The molecule has 2 heterocycles. The molecule has 9 heteroatoms. The number of benzene rings is 2. The molecule has 0 spiro atoms. The summed E-state index contributed by atoms with van der Waals surface area (Å²) in [6.07, 6.45) is -3.42. The van der Waals surface area contributed by atoms with E-state index in [-0.39, 0.29) is 11.3 Å². The third kappa shape index (κ3) is 4.41. The summed E-state index contributed by atoms with van der Waals surface area (Å²) in [5, 5.41) is 2.66. The third-order valence-corrected chi connectivity index (χ3v) is 5.55. The molecule has 1 N–H and O–H groups in total. The standard InChI is InChI=1S/C22H15F4N3OS/c23-11-13-3-5-14(6-4-13)19(20-16(22(24,25)26)2-1-9-27-20)29-21(30)15-7-8-17-18(10-15)31-12-28-17/h1-10,12,19H,11H2,(H,29,30)/t19-/m0/s1. The van der Waals surface area contributed by atoms with Gasteiger partial charge in [0.1, 0.15) is 6.67 Å². The van der Waals surface area contributed by atoms with Crippen LogP contribution in [0.1, 0.15) is 38.8 Å². The van der Waals surface area contributed by atoms with Crippen molar-refractivity contribution in [2.45, 2.75) is 18.9 Å². The minimum absolute atomic E-state index is 0.284. The highest BCUT2D eigenvalue weighted by Crippen LogP contribution is 2.35. The normalized spacial score (nSPS) is 12.6. The van der Waals surface area contributed by atoms with E-state index in [9.17, 15) is 22.4 Å². The smallest absolute Gasteiger partial charge is 0.340 e. The number of carbonyl (C=O) groups excluding carboxylic acids is 1. The summed E-state index contributed by atoms with van der Waals surface area (Å²) in [4.78, 5) is 21.0. The van der Waals surface area contributed by atoms with Gasteiger partial charge in [-0.3, -0.25) is 9.78 Å². The lowest BCUT2D eigenvalue weighted by molar-refractivity contribution is -0.138. The van der Waals surface area contributed by atoms with Crippen molar-refractivity contribution in [1.29, 1.82) is 0 Å². The number of alkyl halides is 4. The van der Waals surface area contributed by atoms with Gasteiger partial charge >= 0.3 is 6.18 Å². The minimum Gasteiger partial charge on any atom is -0.340 e.